The Bertz CT molecular complexity index is 1640. The number of para-hydroxylation sites is 1. The molecule has 1 aliphatic rings. The van der Waals surface area contributed by atoms with Gasteiger partial charge in [-0.15, -0.1) is 0 Å². The molecule has 0 bridgehead atoms. The van der Waals surface area contributed by atoms with Gasteiger partial charge in [0.25, 0.3) is 5.91 Å². The summed E-state index contributed by atoms with van der Waals surface area (Å²) in [5.41, 5.74) is -1.65. The third-order valence-corrected chi connectivity index (χ3v) is 7.64. The maximum Gasteiger partial charge on any atom is 0.416 e. The van der Waals surface area contributed by atoms with Crippen molar-refractivity contribution >= 4 is 22.6 Å². The van der Waals surface area contributed by atoms with E-state index >= 15 is 0 Å². The van der Waals surface area contributed by atoms with Gasteiger partial charge in [0, 0.05) is 53.9 Å². The Balaban J connectivity index is 1.46. The minimum absolute atomic E-state index is 0.0130. The van der Waals surface area contributed by atoms with Crippen LogP contribution in [0.3, 0.4) is 0 Å². The smallest absolute Gasteiger partial charge is 0.361 e. The SMILES string of the molecule is Cc1cc(C(=O)CN2CCN(C(=O)c3cc(C(F)(F)F)cc(C(F)(F)F)c3)[C@H](Cc3c[nH]c4ccccc34)C2)ccc1F. The number of piperazine rings is 1. The second kappa shape index (κ2) is 11.5. The van der Waals surface area contributed by atoms with Gasteiger partial charge >= 0.3 is 12.4 Å². The Labute approximate surface area is 241 Å². The van der Waals surface area contributed by atoms with Crippen LogP contribution in [-0.2, 0) is 18.8 Å². The first kappa shape index (κ1) is 30.3. The van der Waals surface area contributed by atoms with Crippen molar-refractivity contribution in [3.05, 3.63) is 106 Å². The normalized spacial score (nSPS) is 16.6. The van der Waals surface area contributed by atoms with Gasteiger partial charge in [0.15, 0.2) is 5.78 Å². The van der Waals surface area contributed by atoms with Gasteiger partial charge in [-0.2, -0.15) is 26.3 Å². The van der Waals surface area contributed by atoms with Crippen molar-refractivity contribution in [1.29, 1.82) is 0 Å². The fraction of sp³-hybridized carbons (Fsp3) is 0.290. The minimum Gasteiger partial charge on any atom is -0.361 e. The summed E-state index contributed by atoms with van der Waals surface area (Å²) in [6.07, 6.45) is -8.24. The fourth-order valence-corrected chi connectivity index (χ4v) is 5.42. The van der Waals surface area contributed by atoms with E-state index in [9.17, 15) is 40.3 Å². The molecule has 5 nitrogen and oxygen atoms in total. The molecule has 1 aromatic heterocycles. The van der Waals surface area contributed by atoms with Gasteiger partial charge in [0.2, 0.25) is 0 Å². The number of hydrogen-bond donors (Lipinski definition) is 1. The molecule has 4 aromatic rings. The van der Waals surface area contributed by atoms with Crippen LogP contribution in [0, 0.1) is 12.7 Å². The zero-order valence-corrected chi connectivity index (χ0v) is 22.8. The summed E-state index contributed by atoms with van der Waals surface area (Å²) < 4.78 is 94.9. The highest BCUT2D eigenvalue weighted by Crippen LogP contribution is 2.37. The number of benzene rings is 3. The largest absolute Gasteiger partial charge is 0.416 e. The van der Waals surface area contributed by atoms with Gasteiger partial charge < -0.3 is 9.88 Å². The van der Waals surface area contributed by atoms with Gasteiger partial charge in [-0.3, -0.25) is 14.5 Å². The number of amides is 1. The Kier molecular flexibility index (Phi) is 8.08. The van der Waals surface area contributed by atoms with Crippen LogP contribution in [0.1, 0.15) is 43.0 Å². The highest BCUT2D eigenvalue weighted by Gasteiger charge is 2.39. The van der Waals surface area contributed by atoms with Crippen molar-refractivity contribution in [3.63, 3.8) is 0 Å². The molecule has 0 saturated carbocycles. The van der Waals surface area contributed by atoms with Crippen LogP contribution in [-0.4, -0.2) is 58.7 Å². The van der Waals surface area contributed by atoms with E-state index in [1.807, 2.05) is 24.3 Å². The van der Waals surface area contributed by atoms with E-state index < -0.39 is 46.8 Å². The number of fused-ring (bicyclic) bond motifs is 1. The maximum absolute atomic E-state index is 13.7. The third-order valence-electron chi connectivity index (χ3n) is 7.64. The molecule has 0 radical (unpaired) electrons. The molecular weight excluding hydrogens is 579 g/mol. The molecule has 0 unspecified atom stereocenters. The summed E-state index contributed by atoms with van der Waals surface area (Å²) in [6, 6.07) is 11.5. The number of hydrogen-bond acceptors (Lipinski definition) is 3. The highest BCUT2D eigenvalue weighted by molar-refractivity contribution is 5.98. The van der Waals surface area contributed by atoms with Crippen LogP contribution in [0.2, 0.25) is 0 Å². The molecule has 1 aliphatic heterocycles. The number of carbonyl (C=O) groups is 2. The lowest BCUT2D eigenvalue weighted by atomic mass is 9.98. The molecule has 12 heteroatoms. The molecule has 1 atom stereocenters. The van der Waals surface area contributed by atoms with Gasteiger partial charge in [-0.25, -0.2) is 4.39 Å². The fourth-order valence-electron chi connectivity index (χ4n) is 5.42. The first-order valence-electron chi connectivity index (χ1n) is 13.4. The van der Waals surface area contributed by atoms with Crippen molar-refractivity contribution < 1.29 is 40.3 Å². The lowest BCUT2D eigenvalue weighted by Crippen LogP contribution is -2.56. The quantitative estimate of drug-likeness (QED) is 0.192. The molecule has 1 fully saturated rings. The van der Waals surface area contributed by atoms with Crippen LogP contribution in [0.25, 0.3) is 10.9 Å². The summed E-state index contributed by atoms with van der Waals surface area (Å²) >= 11 is 0. The highest BCUT2D eigenvalue weighted by atomic mass is 19.4. The number of halogens is 7. The number of Topliss-reactive ketones (excluding diaryl/α,β-unsaturated/α-hetero) is 1. The number of carbonyl (C=O) groups excluding carboxylic acids is 2. The zero-order chi connectivity index (χ0) is 31.1. The second-order valence-corrected chi connectivity index (χ2v) is 10.6. The summed E-state index contributed by atoms with van der Waals surface area (Å²) in [5.74, 6) is -1.71. The molecule has 1 saturated heterocycles. The maximum atomic E-state index is 13.7. The molecule has 3 aromatic carbocycles. The minimum atomic E-state index is -5.10. The number of aromatic amines is 1. The molecule has 1 amide bonds. The number of aromatic nitrogens is 1. The average molecular weight is 606 g/mol. The number of rotatable bonds is 6. The number of aryl methyl sites for hydroxylation is 1. The summed E-state index contributed by atoms with van der Waals surface area (Å²) in [6.45, 7) is 1.69. The lowest BCUT2D eigenvalue weighted by molar-refractivity contribution is -0.143. The number of H-pyrrole nitrogens is 1. The molecule has 43 heavy (non-hydrogen) atoms. The van der Waals surface area contributed by atoms with E-state index in [0.717, 1.165) is 16.5 Å². The topological polar surface area (TPSA) is 56.4 Å². The van der Waals surface area contributed by atoms with Crippen molar-refractivity contribution in [2.24, 2.45) is 0 Å². The van der Waals surface area contributed by atoms with Gasteiger partial charge in [0.05, 0.1) is 17.7 Å². The van der Waals surface area contributed by atoms with Crippen molar-refractivity contribution in [1.82, 2.24) is 14.8 Å². The molecule has 226 valence electrons. The predicted octanol–water partition coefficient (Wildman–Crippen LogP) is 6.91. The molecule has 0 aliphatic carbocycles. The van der Waals surface area contributed by atoms with Crippen LogP contribution >= 0.6 is 0 Å². The summed E-state index contributed by atoms with van der Waals surface area (Å²) in [4.78, 5) is 32.8. The standard InChI is InChI=1S/C31H26F7N3O2/c1-18-10-19(6-7-26(18)32)28(42)17-40-8-9-41(24(16-40)13-21-15-39-27-5-3-2-4-25(21)27)29(43)20-11-22(30(33,34)35)14-23(12-20)31(36,37)38/h2-7,10-12,14-15,24,39H,8-9,13,16-17H2,1H3/t24-/m1/s1. The van der Waals surface area contributed by atoms with Crippen LogP contribution < -0.4 is 0 Å². The lowest BCUT2D eigenvalue weighted by Gasteiger charge is -2.41. The number of ketones is 1. The number of alkyl halides is 6. The summed E-state index contributed by atoms with van der Waals surface area (Å²) in [7, 11) is 0. The molecule has 5 rings (SSSR count). The van der Waals surface area contributed by atoms with Crippen molar-refractivity contribution in [2.75, 3.05) is 26.2 Å². The first-order valence-corrected chi connectivity index (χ1v) is 13.4. The average Bonchev–Trinajstić information content (AvgIpc) is 3.36. The number of nitrogens with zero attached hydrogens (tertiary/aromatic N) is 2. The van der Waals surface area contributed by atoms with E-state index in [-0.39, 0.29) is 44.4 Å². The van der Waals surface area contributed by atoms with E-state index in [1.165, 1.54) is 30.0 Å². The summed E-state index contributed by atoms with van der Waals surface area (Å²) in [5, 5.41) is 0.850. The van der Waals surface area contributed by atoms with Crippen molar-refractivity contribution in [3.8, 4) is 0 Å². The Morgan fingerprint density at radius 1 is 0.884 bits per heavy atom. The molecule has 2 heterocycles. The third kappa shape index (κ3) is 6.58. The first-order chi connectivity index (χ1) is 20.2. The predicted molar refractivity (Wildman–Crippen MR) is 145 cm³/mol. The monoisotopic (exact) mass is 605 g/mol. The second-order valence-electron chi connectivity index (χ2n) is 10.6. The van der Waals surface area contributed by atoms with Crippen LogP contribution in [0.4, 0.5) is 30.7 Å². The van der Waals surface area contributed by atoms with Crippen LogP contribution in [0.5, 0.6) is 0 Å². The van der Waals surface area contributed by atoms with E-state index in [2.05, 4.69) is 4.98 Å². The van der Waals surface area contributed by atoms with E-state index in [0.29, 0.717) is 23.3 Å². The Morgan fingerprint density at radius 2 is 1.56 bits per heavy atom. The molecule has 0 spiro atoms. The Hall–Kier alpha value is -4.19. The van der Waals surface area contributed by atoms with Gasteiger partial charge in [-0.05, 0) is 66.9 Å². The number of nitrogens with one attached hydrogen (secondary N) is 1. The Morgan fingerprint density at radius 3 is 2.21 bits per heavy atom. The van der Waals surface area contributed by atoms with Gasteiger partial charge in [0.1, 0.15) is 5.82 Å². The molecular formula is C31H26F7N3O2. The van der Waals surface area contributed by atoms with Gasteiger partial charge in [-0.1, -0.05) is 18.2 Å². The van der Waals surface area contributed by atoms with E-state index in [4.69, 9.17) is 0 Å². The molecule has 1 N–H and O–H groups in total. The zero-order valence-electron chi connectivity index (χ0n) is 22.8. The van der Waals surface area contributed by atoms with Crippen molar-refractivity contribution in [2.45, 2.75) is 31.7 Å². The van der Waals surface area contributed by atoms with Crippen LogP contribution in [0.15, 0.2) is 66.9 Å². The van der Waals surface area contributed by atoms with E-state index in [1.54, 1.807) is 11.1 Å².